The number of nitrogens with one attached hydrogen (secondary N) is 1. The summed E-state index contributed by atoms with van der Waals surface area (Å²) >= 11 is 0. The van der Waals surface area contributed by atoms with Crippen LogP contribution in [0, 0.1) is 0 Å². The molecule has 1 aromatic heterocycles. The van der Waals surface area contributed by atoms with Crippen molar-refractivity contribution in [3.05, 3.63) is 65.0 Å². The number of piperazine rings is 1. The van der Waals surface area contributed by atoms with Crippen LogP contribution < -0.4 is 5.32 Å². The predicted molar refractivity (Wildman–Crippen MR) is 120 cm³/mol. The highest BCUT2D eigenvalue weighted by Crippen LogP contribution is 2.30. The van der Waals surface area contributed by atoms with Crippen LogP contribution in [0.3, 0.4) is 0 Å². The molecule has 0 bridgehead atoms. The van der Waals surface area contributed by atoms with E-state index in [-0.39, 0.29) is 11.9 Å². The number of hydrogen-bond donors (Lipinski definition) is 1. The van der Waals surface area contributed by atoms with Gasteiger partial charge in [0.2, 0.25) is 0 Å². The van der Waals surface area contributed by atoms with Gasteiger partial charge in [0.15, 0.2) is 5.69 Å². The van der Waals surface area contributed by atoms with Gasteiger partial charge in [-0.25, -0.2) is 0 Å². The van der Waals surface area contributed by atoms with Gasteiger partial charge in [-0.05, 0) is 37.9 Å². The van der Waals surface area contributed by atoms with E-state index in [9.17, 15) is 18.0 Å². The third-order valence-electron chi connectivity index (χ3n) is 6.49. The molecule has 1 unspecified atom stereocenters. The van der Waals surface area contributed by atoms with Crippen LogP contribution in [-0.2, 0) is 32.1 Å². The van der Waals surface area contributed by atoms with E-state index in [0.29, 0.717) is 43.9 Å². The number of amides is 1. The minimum absolute atomic E-state index is 0.0410. The first kappa shape index (κ1) is 23.5. The van der Waals surface area contributed by atoms with Crippen LogP contribution in [0.25, 0.3) is 0 Å². The second-order valence-electron chi connectivity index (χ2n) is 8.86. The third-order valence-corrected chi connectivity index (χ3v) is 6.49. The smallest absolute Gasteiger partial charge is 0.335 e. The van der Waals surface area contributed by atoms with Crippen molar-refractivity contribution in [1.82, 2.24) is 24.9 Å². The Morgan fingerprint density at radius 1 is 1.27 bits per heavy atom. The molecule has 2 aromatic rings. The topological polar surface area (TPSA) is 53.4 Å². The molecule has 178 valence electrons. The van der Waals surface area contributed by atoms with Crippen molar-refractivity contribution in [2.75, 3.05) is 33.2 Å². The molecule has 0 radical (unpaired) electrons. The number of alkyl halides is 3. The molecule has 33 heavy (non-hydrogen) atoms. The average Bonchev–Trinajstić information content (AvgIpc) is 3.15. The van der Waals surface area contributed by atoms with Gasteiger partial charge in [-0.3, -0.25) is 9.48 Å². The molecule has 4 rings (SSSR count). The second kappa shape index (κ2) is 9.69. The van der Waals surface area contributed by atoms with Gasteiger partial charge in [0.1, 0.15) is 0 Å². The van der Waals surface area contributed by atoms with Gasteiger partial charge in [0.05, 0.1) is 12.1 Å². The number of fused-ring (bicyclic) bond motifs is 1. The van der Waals surface area contributed by atoms with Gasteiger partial charge in [0.25, 0.3) is 5.91 Å². The monoisotopic (exact) mass is 461 g/mol. The van der Waals surface area contributed by atoms with Crippen LogP contribution in [0.5, 0.6) is 0 Å². The fourth-order valence-corrected chi connectivity index (χ4v) is 4.59. The molecular formula is C24H30F3N5O. The highest BCUT2D eigenvalue weighted by molar-refractivity contribution is 5.94. The van der Waals surface area contributed by atoms with Crippen LogP contribution in [0.2, 0.25) is 0 Å². The van der Waals surface area contributed by atoms with Crippen LogP contribution in [-0.4, -0.2) is 64.8 Å². The fraction of sp³-hybridized carbons (Fsp3) is 0.500. The first-order valence-electron chi connectivity index (χ1n) is 11.3. The minimum Gasteiger partial charge on any atom is -0.335 e. The van der Waals surface area contributed by atoms with E-state index in [2.05, 4.69) is 21.9 Å². The molecular weight excluding hydrogens is 431 g/mol. The van der Waals surface area contributed by atoms with Crippen molar-refractivity contribution in [2.24, 2.45) is 0 Å². The lowest BCUT2D eigenvalue weighted by Crippen LogP contribution is -2.47. The first-order valence-corrected chi connectivity index (χ1v) is 11.3. The van der Waals surface area contributed by atoms with Crippen molar-refractivity contribution in [1.29, 1.82) is 0 Å². The summed E-state index contributed by atoms with van der Waals surface area (Å²) in [5, 5.41) is 8.05. The normalized spacial score (nSPS) is 19.4. The predicted octanol–water partition coefficient (Wildman–Crippen LogP) is 3.12. The van der Waals surface area contributed by atoms with Crippen LogP contribution >= 0.6 is 0 Å². The van der Waals surface area contributed by atoms with Gasteiger partial charge >= 0.3 is 6.18 Å². The molecule has 1 aliphatic carbocycles. The maximum absolute atomic E-state index is 13.3. The SMILES string of the molecule is C=CCn1nc(C(=O)N2CCN(C)CC2)c2c1CCC(NCc1cccc(C(F)(F)F)c1)C2. The standard InChI is InChI=1S/C24H30F3N5O/c1-3-9-32-21-8-7-19(28-16-17-5-4-6-18(14-17)24(25,26)27)15-20(21)22(29-32)23(33)31-12-10-30(2)11-13-31/h3-6,14,19,28H,1,7-13,15-16H2,2H3. The Morgan fingerprint density at radius 2 is 2.03 bits per heavy atom. The second-order valence-corrected chi connectivity index (χ2v) is 8.86. The quantitative estimate of drug-likeness (QED) is 0.672. The number of benzene rings is 1. The van der Waals surface area contributed by atoms with E-state index in [4.69, 9.17) is 0 Å². The Kier molecular flexibility index (Phi) is 6.90. The number of allylic oxidation sites excluding steroid dienone is 1. The van der Waals surface area contributed by atoms with Gasteiger partial charge in [-0.15, -0.1) is 6.58 Å². The number of nitrogens with zero attached hydrogens (tertiary/aromatic N) is 4. The Hall–Kier alpha value is -2.65. The van der Waals surface area contributed by atoms with Gasteiger partial charge in [-0.2, -0.15) is 18.3 Å². The summed E-state index contributed by atoms with van der Waals surface area (Å²) in [5.41, 5.74) is 2.46. The van der Waals surface area contributed by atoms with Gasteiger partial charge < -0.3 is 15.1 Å². The van der Waals surface area contributed by atoms with Crippen LogP contribution in [0.15, 0.2) is 36.9 Å². The van der Waals surface area contributed by atoms with Gasteiger partial charge in [-0.1, -0.05) is 24.3 Å². The van der Waals surface area contributed by atoms with E-state index in [1.54, 1.807) is 12.1 Å². The van der Waals surface area contributed by atoms with Crippen LogP contribution in [0.4, 0.5) is 13.2 Å². The molecule has 1 amide bonds. The van der Waals surface area contributed by atoms with E-state index in [0.717, 1.165) is 43.3 Å². The largest absolute Gasteiger partial charge is 0.416 e. The van der Waals surface area contributed by atoms with E-state index >= 15 is 0 Å². The Morgan fingerprint density at radius 3 is 2.73 bits per heavy atom. The molecule has 9 heteroatoms. The summed E-state index contributed by atoms with van der Waals surface area (Å²) in [6, 6.07) is 5.46. The summed E-state index contributed by atoms with van der Waals surface area (Å²) in [5.74, 6) is -0.0410. The molecule has 2 aliphatic rings. The third kappa shape index (κ3) is 5.30. The fourth-order valence-electron chi connectivity index (χ4n) is 4.59. The van der Waals surface area contributed by atoms with E-state index in [1.807, 2.05) is 16.6 Å². The number of carbonyl (C=O) groups is 1. The molecule has 6 nitrogen and oxygen atoms in total. The molecule has 1 saturated heterocycles. The lowest BCUT2D eigenvalue weighted by atomic mass is 9.90. The summed E-state index contributed by atoms with van der Waals surface area (Å²) in [7, 11) is 2.04. The Balaban J connectivity index is 1.49. The number of likely N-dealkylation sites (N-methyl/N-ethyl adjacent to an activating group) is 1. The summed E-state index contributed by atoms with van der Waals surface area (Å²) in [4.78, 5) is 17.4. The molecule has 0 saturated carbocycles. The zero-order valence-electron chi connectivity index (χ0n) is 18.9. The highest BCUT2D eigenvalue weighted by atomic mass is 19.4. The molecule has 2 heterocycles. The summed E-state index contributed by atoms with van der Waals surface area (Å²) in [6.45, 7) is 7.71. The van der Waals surface area contributed by atoms with Crippen molar-refractivity contribution in [3.8, 4) is 0 Å². The number of halogens is 3. The molecule has 1 aromatic carbocycles. The number of rotatable bonds is 6. The lowest BCUT2D eigenvalue weighted by Gasteiger charge is -2.32. The molecule has 1 atom stereocenters. The minimum atomic E-state index is -4.35. The highest BCUT2D eigenvalue weighted by Gasteiger charge is 2.32. The molecule has 0 spiro atoms. The number of hydrogen-bond acceptors (Lipinski definition) is 4. The zero-order chi connectivity index (χ0) is 23.6. The van der Waals surface area contributed by atoms with Crippen molar-refractivity contribution < 1.29 is 18.0 Å². The first-order chi connectivity index (χ1) is 15.8. The molecule has 1 N–H and O–H groups in total. The molecule has 1 aliphatic heterocycles. The lowest BCUT2D eigenvalue weighted by molar-refractivity contribution is -0.137. The average molecular weight is 462 g/mol. The molecule has 1 fully saturated rings. The zero-order valence-corrected chi connectivity index (χ0v) is 18.9. The summed E-state index contributed by atoms with van der Waals surface area (Å²) < 4.78 is 40.9. The number of aromatic nitrogens is 2. The van der Waals surface area contributed by atoms with E-state index in [1.165, 1.54) is 12.1 Å². The summed E-state index contributed by atoms with van der Waals surface area (Å²) in [6.07, 6.45) is -0.368. The maximum atomic E-state index is 13.3. The number of carbonyl (C=O) groups excluding carboxylic acids is 1. The Labute approximate surface area is 192 Å². The van der Waals surface area contributed by atoms with Gasteiger partial charge in [0, 0.05) is 50.0 Å². The van der Waals surface area contributed by atoms with E-state index < -0.39 is 11.7 Å². The van der Waals surface area contributed by atoms with Crippen molar-refractivity contribution >= 4 is 5.91 Å². The Bertz CT molecular complexity index is 1010. The van der Waals surface area contributed by atoms with Crippen molar-refractivity contribution in [3.63, 3.8) is 0 Å². The maximum Gasteiger partial charge on any atom is 0.416 e. The van der Waals surface area contributed by atoms with Crippen molar-refractivity contribution in [2.45, 2.75) is 44.6 Å². The van der Waals surface area contributed by atoms with Crippen LogP contribution in [0.1, 0.15) is 39.3 Å².